The maximum atomic E-state index is 13.1. The highest BCUT2D eigenvalue weighted by Gasteiger charge is 2.36. The molecule has 1 atom stereocenters. The van der Waals surface area contributed by atoms with E-state index in [1.165, 1.54) is 0 Å². The van der Waals surface area contributed by atoms with Gasteiger partial charge in [0, 0.05) is 55.4 Å². The summed E-state index contributed by atoms with van der Waals surface area (Å²) in [4.78, 5) is 31.3. The number of benzene rings is 3. The van der Waals surface area contributed by atoms with Gasteiger partial charge < -0.3 is 33.8 Å². The molecule has 0 radical (unpaired) electrons. The highest BCUT2D eigenvalue weighted by Crippen LogP contribution is 2.38. The number of aromatic nitrogens is 2. The number of ether oxygens (including phenoxy) is 3. The number of fused-ring (bicyclic) bond motifs is 2. The van der Waals surface area contributed by atoms with Gasteiger partial charge >= 0.3 is 12.1 Å². The maximum Gasteiger partial charge on any atom is 0.410 e. The van der Waals surface area contributed by atoms with Crippen LogP contribution in [-0.4, -0.2) is 90.9 Å². The van der Waals surface area contributed by atoms with E-state index in [-0.39, 0.29) is 12.5 Å². The maximum absolute atomic E-state index is 13.1. The molecule has 0 bridgehead atoms. The van der Waals surface area contributed by atoms with Crippen LogP contribution in [0.3, 0.4) is 0 Å². The van der Waals surface area contributed by atoms with Crippen LogP contribution in [0.1, 0.15) is 38.4 Å². The number of hydrogen-bond donors (Lipinski definition) is 0. The molecular weight excluding hydrogens is 618 g/mol. The third kappa shape index (κ3) is 8.15. The lowest BCUT2D eigenvalue weighted by Gasteiger charge is -2.42. The second-order valence-corrected chi connectivity index (χ2v) is 13.8. The third-order valence-electron chi connectivity index (χ3n) is 8.66. The molecule has 49 heavy (non-hydrogen) atoms. The molecule has 0 unspecified atom stereocenters. The van der Waals surface area contributed by atoms with Crippen molar-refractivity contribution in [2.45, 2.75) is 51.8 Å². The summed E-state index contributed by atoms with van der Waals surface area (Å²) in [6, 6.07) is 24.6. The quantitative estimate of drug-likeness (QED) is 0.204. The molecule has 1 saturated heterocycles. The Balaban J connectivity index is 1.32. The minimum absolute atomic E-state index is 0.192. The van der Waals surface area contributed by atoms with Crippen molar-refractivity contribution >= 4 is 28.4 Å². The van der Waals surface area contributed by atoms with Crippen LogP contribution in [0, 0.1) is 11.3 Å². The van der Waals surface area contributed by atoms with Gasteiger partial charge in [-0.25, -0.2) is 4.79 Å². The molecule has 6 rings (SSSR count). The molecule has 1 amide bonds. The summed E-state index contributed by atoms with van der Waals surface area (Å²) in [7, 11) is 4.00. The topological polar surface area (TPSA) is 107 Å². The van der Waals surface area contributed by atoms with Crippen molar-refractivity contribution < 1.29 is 19.0 Å². The Morgan fingerprint density at radius 1 is 0.980 bits per heavy atom. The number of para-hydroxylation sites is 1. The van der Waals surface area contributed by atoms with Crippen LogP contribution < -0.4 is 19.3 Å². The molecule has 3 heterocycles. The van der Waals surface area contributed by atoms with E-state index >= 15 is 0 Å². The fourth-order valence-electron chi connectivity index (χ4n) is 6.34. The number of likely N-dealkylation sites (N-methyl/N-ethyl adjacent to an activating group) is 1. The van der Waals surface area contributed by atoms with Gasteiger partial charge in [0.05, 0.1) is 30.8 Å². The number of carbonyl (C=O) groups is 1. The van der Waals surface area contributed by atoms with E-state index < -0.39 is 11.7 Å². The molecule has 256 valence electrons. The molecule has 11 nitrogen and oxygen atoms in total. The van der Waals surface area contributed by atoms with Gasteiger partial charge in [-0.3, -0.25) is 0 Å². The Morgan fingerprint density at radius 2 is 1.76 bits per heavy atom. The Bertz CT molecular complexity index is 1820. The monoisotopic (exact) mass is 663 g/mol. The lowest BCUT2D eigenvalue weighted by molar-refractivity contribution is 0.0144. The molecule has 0 aliphatic carbocycles. The number of piperazine rings is 1. The van der Waals surface area contributed by atoms with Crippen LogP contribution in [0.5, 0.6) is 17.5 Å². The van der Waals surface area contributed by atoms with E-state index in [0.29, 0.717) is 38.8 Å². The summed E-state index contributed by atoms with van der Waals surface area (Å²) in [5.41, 5.74) is 2.42. The van der Waals surface area contributed by atoms with Gasteiger partial charge in [0.25, 0.3) is 0 Å². The SMILES string of the molecule is CN(C)CCOc1nc2c(c(N3CCN(C(=O)OC(C)(C)C)[C@@H](CC#N)C3)n1)CCN(c1cc(Oc3ccccc3)cc3ccccc13)C2. The number of anilines is 2. The van der Waals surface area contributed by atoms with E-state index in [2.05, 4.69) is 51.1 Å². The lowest BCUT2D eigenvalue weighted by Crippen LogP contribution is -2.56. The Hall–Kier alpha value is -5.08. The molecule has 0 N–H and O–H groups in total. The van der Waals surface area contributed by atoms with Crippen LogP contribution in [0.15, 0.2) is 66.7 Å². The highest BCUT2D eigenvalue weighted by atomic mass is 16.6. The second kappa shape index (κ2) is 14.6. The van der Waals surface area contributed by atoms with Gasteiger partial charge in [-0.1, -0.05) is 42.5 Å². The molecule has 2 aliphatic heterocycles. The van der Waals surface area contributed by atoms with E-state index in [1.54, 1.807) is 4.90 Å². The average Bonchev–Trinajstić information content (AvgIpc) is 3.07. The third-order valence-corrected chi connectivity index (χ3v) is 8.66. The van der Waals surface area contributed by atoms with Crippen molar-refractivity contribution in [1.29, 1.82) is 5.26 Å². The van der Waals surface area contributed by atoms with Crippen molar-refractivity contribution in [3.63, 3.8) is 0 Å². The van der Waals surface area contributed by atoms with Crippen molar-refractivity contribution in [1.82, 2.24) is 19.8 Å². The van der Waals surface area contributed by atoms with Crippen molar-refractivity contribution in [3.05, 3.63) is 78.0 Å². The predicted molar refractivity (Wildman–Crippen MR) is 190 cm³/mol. The van der Waals surface area contributed by atoms with Gasteiger partial charge in [-0.15, -0.1) is 0 Å². The van der Waals surface area contributed by atoms with Gasteiger partial charge in [0.1, 0.15) is 29.5 Å². The van der Waals surface area contributed by atoms with Crippen LogP contribution in [0.2, 0.25) is 0 Å². The number of carbonyl (C=O) groups excluding carboxylic acids is 1. The minimum atomic E-state index is -0.625. The van der Waals surface area contributed by atoms with E-state index in [1.807, 2.05) is 71.3 Å². The molecular formula is C38H45N7O4. The first kappa shape index (κ1) is 33.8. The largest absolute Gasteiger partial charge is 0.462 e. The molecule has 1 aromatic heterocycles. The summed E-state index contributed by atoms with van der Waals surface area (Å²) in [6.45, 7) is 9.47. The highest BCUT2D eigenvalue weighted by molar-refractivity contribution is 5.96. The fourth-order valence-corrected chi connectivity index (χ4v) is 6.34. The zero-order valence-electron chi connectivity index (χ0n) is 29.1. The molecule has 0 saturated carbocycles. The van der Waals surface area contributed by atoms with Gasteiger partial charge in [-0.05, 0) is 64.9 Å². The standard InChI is InChI=1S/C38H45N7O4/c1-38(2,3)49-37(46)45-20-19-44(25-28(45)15-17-39)35-32-16-18-43(26-33(32)40-36(41-35)47-22-21-42(4)5)34-24-30(48-29-12-7-6-8-13-29)23-27-11-9-10-14-31(27)34/h6-14,23-24,28H,15-16,18-22,25-26H2,1-5H3/t28-/m0/s1. The second-order valence-electron chi connectivity index (χ2n) is 13.8. The fraction of sp³-hybridized carbons (Fsp3) is 0.421. The van der Waals surface area contributed by atoms with E-state index in [0.717, 1.165) is 64.5 Å². The first-order valence-electron chi connectivity index (χ1n) is 16.9. The predicted octanol–water partition coefficient (Wildman–Crippen LogP) is 6.26. The lowest BCUT2D eigenvalue weighted by atomic mass is 10.0. The summed E-state index contributed by atoms with van der Waals surface area (Å²) in [5, 5.41) is 11.9. The summed E-state index contributed by atoms with van der Waals surface area (Å²) in [5.74, 6) is 2.36. The molecule has 3 aromatic carbocycles. The number of nitrogens with zero attached hydrogens (tertiary/aromatic N) is 7. The molecule has 4 aromatic rings. The Morgan fingerprint density at radius 3 is 2.51 bits per heavy atom. The number of nitriles is 1. The van der Waals surface area contributed by atoms with Crippen molar-refractivity contribution in [2.75, 3.05) is 63.2 Å². The van der Waals surface area contributed by atoms with Crippen LogP contribution in [0.25, 0.3) is 10.8 Å². The van der Waals surface area contributed by atoms with E-state index in [4.69, 9.17) is 24.2 Å². The molecule has 0 spiro atoms. The summed E-state index contributed by atoms with van der Waals surface area (Å²) < 4.78 is 18.1. The number of rotatable bonds is 9. The zero-order chi connectivity index (χ0) is 34.5. The Kier molecular flexibility index (Phi) is 10.1. The van der Waals surface area contributed by atoms with Crippen molar-refractivity contribution in [3.8, 4) is 23.6 Å². The molecule has 2 aliphatic rings. The van der Waals surface area contributed by atoms with Gasteiger partial charge in [0.2, 0.25) is 0 Å². The van der Waals surface area contributed by atoms with Crippen LogP contribution in [-0.2, 0) is 17.7 Å². The molecule has 1 fully saturated rings. The van der Waals surface area contributed by atoms with Gasteiger partial charge in [-0.2, -0.15) is 15.2 Å². The van der Waals surface area contributed by atoms with Crippen LogP contribution >= 0.6 is 0 Å². The summed E-state index contributed by atoms with van der Waals surface area (Å²) in [6.07, 6.45) is 0.513. The minimum Gasteiger partial charge on any atom is -0.462 e. The summed E-state index contributed by atoms with van der Waals surface area (Å²) >= 11 is 0. The number of amides is 1. The Labute approximate surface area is 288 Å². The number of hydrogen-bond acceptors (Lipinski definition) is 10. The first-order chi connectivity index (χ1) is 23.6. The van der Waals surface area contributed by atoms with Gasteiger partial charge in [0.15, 0.2) is 0 Å². The smallest absolute Gasteiger partial charge is 0.410 e. The molecule has 11 heteroatoms. The average molecular weight is 664 g/mol. The van der Waals surface area contributed by atoms with E-state index in [9.17, 15) is 10.1 Å². The van der Waals surface area contributed by atoms with Crippen LogP contribution in [0.4, 0.5) is 16.3 Å². The zero-order valence-corrected chi connectivity index (χ0v) is 29.1. The first-order valence-corrected chi connectivity index (χ1v) is 16.9. The normalized spacial score (nSPS) is 16.3. The van der Waals surface area contributed by atoms with Crippen molar-refractivity contribution in [2.24, 2.45) is 0 Å².